The van der Waals surface area contributed by atoms with E-state index in [9.17, 15) is 0 Å². The quantitative estimate of drug-likeness (QED) is 0.807. The van der Waals surface area contributed by atoms with Crippen molar-refractivity contribution < 1.29 is 14.2 Å². The molecular weight excluding hydrogens is 232 g/mol. The topological polar surface area (TPSA) is 66.1 Å². The summed E-state index contributed by atoms with van der Waals surface area (Å²) in [5, 5.41) is 0.519. The molecule has 0 saturated carbocycles. The number of nitrogens with zero attached hydrogens (tertiary/aromatic N) is 1. The van der Waals surface area contributed by atoms with Crippen molar-refractivity contribution in [3.8, 4) is 11.5 Å². The molecule has 0 aromatic heterocycles. The third kappa shape index (κ3) is 1.44. The van der Waals surface area contributed by atoms with Gasteiger partial charge in [0, 0.05) is 0 Å². The number of hydrogen-bond donors (Lipinski definition) is 1. The molecule has 0 saturated heterocycles. The average molecular weight is 241 g/mol. The highest BCUT2D eigenvalue weighted by Crippen LogP contribution is 2.41. The Bertz CT molecular complexity index is 475. The summed E-state index contributed by atoms with van der Waals surface area (Å²) in [7, 11) is 0. The van der Waals surface area contributed by atoms with Gasteiger partial charge in [-0.2, -0.15) is 0 Å². The van der Waals surface area contributed by atoms with E-state index >= 15 is 0 Å². The molecule has 0 amide bonds. The first kappa shape index (κ1) is 9.59. The summed E-state index contributed by atoms with van der Waals surface area (Å²) >= 11 is 6.06. The van der Waals surface area contributed by atoms with Gasteiger partial charge < -0.3 is 19.9 Å². The predicted octanol–water partition coefficient (Wildman–Crippen LogP) is 1.45. The Morgan fingerprint density at radius 1 is 1.31 bits per heavy atom. The lowest BCUT2D eigenvalue weighted by atomic mass is 10.1. The smallest absolute Gasteiger partial charge is 0.282 e. The van der Waals surface area contributed by atoms with Gasteiger partial charge in [-0.25, -0.2) is 4.99 Å². The zero-order valence-electron chi connectivity index (χ0n) is 8.27. The second-order valence-electron chi connectivity index (χ2n) is 3.53. The summed E-state index contributed by atoms with van der Waals surface area (Å²) < 4.78 is 15.6. The molecule has 0 radical (unpaired) electrons. The molecule has 2 N–H and O–H groups in total. The van der Waals surface area contributed by atoms with Crippen molar-refractivity contribution in [1.29, 1.82) is 0 Å². The zero-order valence-corrected chi connectivity index (χ0v) is 9.03. The Balaban J connectivity index is 2.00. The Labute approximate surface area is 96.8 Å². The molecule has 0 spiro atoms. The van der Waals surface area contributed by atoms with E-state index in [0.29, 0.717) is 23.1 Å². The maximum atomic E-state index is 6.06. The first-order valence-corrected chi connectivity index (χ1v) is 5.17. The Hall–Kier alpha value is -1.62. The molecule has 16 heavy (non-hydrogen) atoms. The first-order valence-electron chi connectivity index (χ1n) is 4.79. The van der Waals surface area contributed by atoms with Gasteiger partial charge in [0.2, 0.25) is 6.79 Å². The van der Waals surface area contributed by atoms with E-state index in [-0.39, 0.29) is 18.9 Å². The summed E-state index contributed by atoms with van der Waals surface area (Å²) in [5.74, 6) is 1.23. The van der Waals surface area contributed by atoms with Crippen molar-refractivity contribution in [3.05, 3.63) is 22.7 Å². The number of nitrogens with two attached hydrogens (primary N) is 1. The van der Waals surface area contributed by atoms with E-state index in [4.69, 9.17) is 31.5 Å². The van der Waals surface area contributed by atoms with Crippen LogP contribution in [-0.2, 0) is 4.74 Å². The minimum absolute atomic E-state index is 0.119. The van der Waals surface area contributed by atoms with Crippen LogP contribution in [0.25, 0.3) is 0 Å². The van der Waals surface area contributed by atoms with Gasteiger partial charge in [0.15, 0.2) is 11.5 Å². The highest BCUT2D eigenvalue weighted by Gasteiger charge is 2.24. The summed E-state index contributed by atoms with van der Waals surface area (Å²) in [6.45, 7) is 0.632. The van der Waals surface area contributed by atoms with E-state index in [2.05, 4.69) is 4.99 Å². The van der Waals surface area contributed by atoms with Crippen LogP contribution in [0.2, 0.25) is 5.02 Å². The maximum Gasteiger partial charge on any atom is 0.282 e. The Morgan fingerprint density at radius 2 is 2.19 bits per heavy atom. The largest absolute Gasteiger partial charge is 0.463 e. The van der Waals surface area contributed by atoms with Crippen molar-refractivity contribution in [2.24, 2.45) is 10.7 Å². The van der Waals surface area contributed by atoms with E-state index in [1.165, 1.54) is 0 Å². The van der Waals surface area contributed by atoms with Crippen LogP contribution in [0.3, 0.4) is 0 Å². The van der Waals surface area contributed by atoms with Gasteiger partial charge in [0.05, 0.1) is 5.02 Å². The van der Waals surface area contributed by atoms with Gasteiger partial charge in [-0.15, -0.1) is 0 Å². The maximum absolute atomic E-state index is 6.06. The summed E-state index contributed by atoms with van der Waals surface area (Å²) in [6, 6.07) is 3.74. The van der Waals surface area contributed by atoms with Crippen molar-refractivity contribution in [2.75, 3.05) is 13.4 Å². The van der Waals surface area contributed by atoms with E-state index in [1.54, 1.807) is 6.07 Å². The summed E-state index contributed by atoms with van der Waals surface area (Å²) in [4.78, 5) is 4.14. The number of hydrogen-bond acceptors (Lipinski definition) is 5. The molecule has 2 aliphatic rings. The number of fused-ring (bicyclic) bond motifs is 1. The SMILES string of the molecule is NC1=NC(c2cc(Cl)c3c(c2)OCO3)CO1. The predicted molar refractivity (Wildman–Crippen MR) is 57.9 cm³/mol. The highest BCUT2D eigenvalue weighted by atomic mass is 35.5. The molecule has 1 aromatic carbocycles. The first-order chi connectivity index (χ1) is 7.74. The molecule has 3 rings (SSSR count). The number of benzene rings is 1. The van der Waals surface area contributed by atoms with E-state index in [0.717, 1.165) is 5.56 Å². The molecule has 0 bridgehead atoms. The van der Waals surface area contributed by atoms with Gasteiger partial charge in [0.1, 0.15) is 12.6 Å². The standard InChI is InChI=1S/C10H9ClN2O3/c11-6-1-5(7-3-14-10(12)13-7)2-8-9(6)16-4-15-8/h1-2,7H,3-4H2,(H2,12,13). The minimum atomic E-state index is -0.119. The van der Waals surface area contributed by atoms with Crippen molar-refractivity contribution >= 4 is 17.6 Å². The fourth-order valence-electron chi connectivity index (χ4n) is 1.74. The normalized spacial score (nSPS) is 21.8. The average Bonchev–Trinajstić information content (AvgIpc) is 2.85. The number of ether oxygens (including phenoxy) is 3. The van der Waals surface area contributed by atoms with Crippen LogP contribution >= 0.6 is 11.6 Å². The Morgan fingerprint density at radius 3 is 2.94 bits per heavy atom. The van der Waals surface area contributed by atoms with Crippen LogP contribution in [0, 0.1) is 0 Å². The van der Waals surface area contributed by atoms with Gasteiger partial charge in [-0.1, -0.05) is 11.6 Å². The minimum Gasteiger partial charge on any atom is -0.463 e. The summed E-state index contributed by atoms with van der Waals surface area (Å²) in [6.07, 6.45) is 0. The van der Waals surface area contributed by atoms with Crippen LogP contribution in [0.15, 0.2) is 17.1 Å². The molecule has 1 aromatic rings. The van der Waals surface area contributed by atoms with Crippen molar-refractivity contribution in [3.63, 3.8) is 0 Å². The van der Waals surface area contributed by atoms with Crippen molar-refractivity contribution in [1.82, 2.24) is 0 Å². The van der Waals surface area contributed by atoms with Gasteiger partial charge >= 0.3 is 0 Å². The molecule has 1 unspecified atom stereocenters. The fourth-order valence-corrected chi connectivity index (χ4v) is 2.02. The summed E-state index contributed by atoms with van der Waals surface area (Å²) in [5.41, 5.74) is 6.36. The lowest BCUT2D eigenvalue weighted by Gasteiger charge is -2.07. The number of rotatable bonds is 1. The van der Waals surface area contributed by atoms with Crippen LogP contribution in [0.4, 0.5) is 0 Å². The highest BCUT2D eigenvalue weighted by molar-refractivity contribution is 6.32. The van der Waals surface area contributed by atoms with Crippen LogP contribution < -0.4 is 15.2 Å². The molecule has 5 nitrogen and oxygen atoms in total. The van der Waals surface area contributed by atoms with Crippen LogP contribution in [0.5, 0.6) is 11.5 Å². The van der Waals surface area contributed by atoms with E-state index in [1.807, 2.05) is 6.07 Å². The van der Waals surface area contributed by atoms with Crippen LogP contribution in [0.1, 0.15) is 11.6 Å². The molecule has 2 heterocycles. The second kappa shape index (κ2) is 3.45. The molecule has 0 aliphatic carbocycles. The fraction of sp³-hybridized carbons (Fsp3) is 0.300. The second-order valence-corrected chi connectivity index (χ2v) is 3.94. The monoisotopic (exact) mass is 240 g/mol. The number of aliphatic imine (C=N–C) groups is 1. The molecule has 2 aliphatic heterocycles. The zero-order chi connectivity index (χ0) is 11.1. The molecular formula is C10H9ClN2O3. The van der Waals surface area contributed by atoms with Gasteiger partial charge in [-0.05, 0) is 17.7 Å². The van der Waals surface area contributed by atoms with Crippen LogP contribution in [-0.4, -0.2) is 19.4 Å². The van der Waals surface area contributed by atoms with Gasteiger partial charge in [-0.3, -0.25) is 0 Å². The van der Waals surface area contributed by atoms with E-state index < -0.39 is 0 Å². The lowest BCUT2D eigenvalue weighted by Crippen LogP contribution is -2.10. The molecule has 1 atom stereocenters. The van der Waals surface area contributed by atoms with Gasteiger partial charge in [0.25, 0.3) is 6.02 Å². The number of halogens is 1. The third-order valence-corrected chi connectivity index (χ3v) is 2.79. The number of amidine groups is 1. The third-order valence-electron chi connectivity index (χ3n) is 2.51. The molecule has 6 heteroatoms. The van der Waals surface area contributed by atoms with Crippen molar-refractivity contribution in [2.45, 2.75) is 6.04 Å². The molecule has 0 fully saturated rings. The Kier molecular flexibility index (Phi) is 2.07. The lowest BCUT2D eigenvalue weighted by molar-refractivity contribution is 0.174. The molecule has 84 valence electrons.